The highest BCUT2D eigenvalue weighted by Crippen LogP contribution is 2.21. The largest absolute Gasteiger partial charge is 0.396 e. The van der Waals surface area contributed by atoms with Crippen LogP contribution in [-0.4, -0.2) is 26.7 Å². The molecule has 0 saturated heterocycles. The van der Waals surface area contributed by atoms with Crippen molar-refractivity contribution >= 4 is 21.4 Å². The average molecular weight is 274 g/mol. The summed E-state index contributed by atoms with van der Waals surface area (Å²) in [4.78, 5) is 0.354. The first-order valence-electron chi connectivity index (χ1n) is 4.91. The molecule has 0 saturated carbocycles. The minimum absolute atomic E-state index is 0.108. The van der Waals surface area contributed by atoms with Crippen molar-refractivity contribution < 1.29 is 13.5 Å². The molecule has 0 aliphatic rings. The number of sulfonamides is 1. The van der Waals surface area contributed by atoms with Gasteiger partial charge in [-0.2, -0.15) is 5.26 Å². The SMILES string of the molecule is CC(C)(CO)CNS(=O)(=O)c1ccc(C#N)s1. The van der Waals surface area contributed by atoms with Crippen molar-refractivity contribution in [2.45, 2.75) is 18.1 Å². The fraction of sp³-hybridized carbons (Fsp3) is 0.500. The summed E-state index contributed by atoms with van der Waals surface area (Å²) in [7, 11) is -3.59. The van der Waals surface area contributed by atoms with Crippen molar-refractivity contribution in [1.82, 2.24) is 4.72 Å². The lowest BCUT2D eigenvalue weighted by Gasteiger charge is -2.21. The molecule has 0 spiro atoms. The second kappa shape index (κ2) is 5.14. The summed E-state index contributed by atoms with van der Waals surface area (Å²) in [6.45, 7) is 3.55. The van der Waals surface area contributed by atoms with Crippen molar-refractivity contribution in [3.63, 3.8) is 0 Å². The second-order valence-corrected chi connectivity index (χ2v) is 7.45. The van der Waals surface area contributed by atoms with Crippen molar-refractivity contribution in [2.75, 3.05) is 13.2 Å². The van der Waals surface area contributed by atoms with E-state index in [1.165, 1.54) is 12.1 Å². The molecule has 1 heterocycles. The van der Waals surface area contributed by atoms with Crippen LogP contribution in [0.4, 0.5) is 0 Å². The van der Waals surface area contributed by atoms with E-state index < -0.39 is 15.4 Å². The zero-order chi connectivity index (χ0) is 13.1. The minimum atomic E-state index is -3.59. The molecule has 0 radical (unpaired) electrons. The number of hydrogen-bond acceptors (Lipinski definition) is 5. The molecular formula is C10H14N2O3S2. The van der Waals surface area contributed by atoms with E-state index >= 15 is 0 Å². The normalized spacial score (nSPS) is 12.4. The molecule has 1 aromatic heterocycles. The van der Waals surface area contributed by atoms with Crippen molar-refractivity contribution in [3.05, 3.63) is 17.0 Å². The number of aliphatic hydroxyl groups is 1. The molecule has 1 rings (SSSR count). The van der Waals surface area contributed by atoms with E-state index in [9.17, 15) is 8.42 Å². The molecule has 0 aliphatic carbocycles. The Morgan fingerprint density at radius 1 is 1.53 bits per heavy atom. The number of thiophene rings is 1. The fourth-order valence-electron chi connectivity index (χ4n) is 0.942. The quantitative estimate of drug-likeness (QED) is 0.835. The van der Waals surface area contributed by atoms with Gasteiger partial charge in [0, 0.05) is 18.6 Å². The number of aliphatic hydroxyl groups excluding tert-OH is 1. The number of nitriles is 1. The van der Waals surface area contributed by atoms with E-state index in [0.717, 1.165) is 11.3 Å². The third-order valence-electron chi connectivity index (χ3n) is 2.13. The zero-order valence-electron chi connectivity index (χ0n) is 9.60. The summed E-state index contributed by atoms with van der Waals surface area (Å²) in [5, 5.41) is 17.7. The van der Waals surface area contributed by atoms with E-state index in [1.54, 1.807) is 13.8 Å². The Morgan fingerprint density at radius 2 is 2.18 bits per heavy atom. The molecule has 94 valence electrons. The Kier molecular flexibility index (Phi) is 4.27. The average Bonchev–Trinajstić information content (AvgIpc) is 2.76. The topological polar surface area (TPSA) is 90.2 Å². The van der Waals surface area contributed by atoms with Gasteiger partial charge >= 0.3 is 0 Å². The Balaban J connectivity index is 2.80. The molecule has 0 bridgehead atoms. The maximum absolute atomic E-state index is 11.8. The van der Waals surface area contributed by atoms with Crippen LogP contribution in [0, 0.1) is 16.7 Å². The molecule has 17 heavy (non-hydrogen) atoms. The molecule has 0 unspecified atom stereocenters. The van der Waals surface area contributed by atoms with Gasteiger partial charge in [-0.1, -0.05) is 13.8 Å². The molecule has 0 atom stereocenters. The molecular weight excluding hydrogens is 260 g/mol. The molecule has 0 aromatic carbocycles. The highest BCUT2D eigenvalue weighted by atomic mass is 32.2. The molecule has 0 aliphatic heterocycles. The molecule has 7 heteroatoms. The lowest BCUT2D eigenvalue weighted by molar-refractivity contribution is 0.163. The summed E-state index contributed by atoms with van der Waals surface area (Å²) in [5.74, 6) is 0. The number of nitrogens with zero attached hydrogens (tertiary/aromatic N) is 1. The Morgan fingerprint density at radius 3 is 2.65 bits per heavy atom. The van der Waals surface area contributed by atoms with Gasteiger partial charge in [-0.15, -0.1) is 11.3 Å². The van der Waals surface area contributed by atoms with E-state index in [-0.39, 0.29) is 17.4 Å². The summed E-state index contributed by atoms with van der Waals surface area (Å²) in [5.41, 5.74) is -0.512. The van der Waals surface area contributed by atoms with Gasteiger partial charge in [0.2, 0.25) is 10.0 Å². The number of hydrogen-bond donors (Lipinski definition) is 2. The maximum Gasteiger partial charge on any atom is 0.250 e. The van der Waals surface area contributed by atoms with Crippen LogP contribution in [-0.2, 0) is 10.0 Å². The maximum atomic E-state index is 11.8. The van der Waals surface area contributed by atoms with Gasteiger partial charge in [0.15, 0.2) is 0 Å². The second-order valence-electron chi connectivity index (χ2n) is 4.38. The standard InChI is InChI=1S/C10H14N2O3S2/c1-10(2,7-13)6-12-17(14,15)9-4-3-8(5-11)16-9/h3-4,12-13H,6-7H2,1-2H3. The van der Waals surface area contributed by atoms with Gasteiger partial charge in [-0.3, -0.25) is 0 Å². The summed E-state index contributed by atoms with van der Waals surface area (Å²) in [6, 6.07) is 4.76. The summed E-state index contributed by atoms with van der Waals surface area (Å²) in [6.07, 6.45) is 0. The van der Waals surface area contributed by atoms with Gasteiger partial charge in [0.05, 0.1) is 0 Å². The van der Waals surface area contributed by atoms with Gasteiger partial charge in [-0.05, 0) is 12.1 Å². The molecule has 0 fully saturated rings. The van der Waals surface area contributed by atoms with Crippen LogP contribution >= 0.6 is 11.3 Å². The van der Waals surface area contributed by atoms with Gasteiger partial charge in [0.25, 0.3) is 0 Å². The van der Waals surface area contributed by atoms with E-state index in [2.05, 4.69) is 4.72 Å². The summed E-state index contributed by atoms with van der Waals surface area (Å²) >= 11 is 0.924. The number of nitrogens with one attached hydrogen (secondary N) is 1. The smallest absolute Gasteiger partial charge is 0.250 e. The van der Waals surface area contributed by atoms with Gasteiger partial charge < -0.3 is 5.11 Å². The van der Waals surface area contributed by atoms with Crippen LogP contribution in [0.25, 0.3) is 0 Å². The predicted octanol–water partition coefficient (Wildman–Crippen LogP) is 0.917. The number of rotatable bonds is 5. The lowest BCUT2D eigenvalue weighted by atomic mass is 9.96. The van der Waals surface area contributed by atoms with Crippen LogP contribution in [0.3, 0.4) is 0 Å². The van der Waals surface area contributed by atoms with Crippen LogP contribution < -0.4 is 4.72 Å². The Labute approximate surface area is 105 Å². The first-order valence-corrected chi connectivity index (χ1v) is 7.21. The van der Waals surface area contributed by atoms with Crippen LogP contribution in [0.1, 0.15) is 18.7 Å². The monoisotopic (exact) mass is 274 g/mol. The predicted molar refractivity (Wildman–Crippen MR) is 65.1 cm³/mol. The molecule has 2 N–H and O–H groups in total. The van der Waals surface area contributed by atoms with Crippen LogP contribution in [0.5, 0.6) is 0 Å². The van der Waals surface area contributed by atoms with E-state index in [0.29, 0.717) is 4.88 Å². The van der Waals surface area contributed by atoms with Crippen LogP contribution in [0.15, 0.2) is 16.3 Å². The molecule has 1 aromatic rings. The first-order chi connectivity index (χ1) is 7.80. The third-order valence-corrected chi connectivity index (χ3v) is 5.01. The third kappa shape index (κ3) is 3.78. The fourth-order valence-corrected chi connectivity index (χ4v) is 3.33. The van der Waals surface area contributed by atoms with Crippen LogP contribution in [0.2, 0.25) is 0 Å². The Bertz CT molecular complexity index is 526. The summed E-state index contributed by atoms with van der Waals surface area (Å²) < 4.78 is 26.2. The lowest BCUT2D eigenvalue weighted by Crippen LogP contribution is -2.35. The minimum Gasteiger partial charge on any atom is -0.396 e. The van der Waals surface area contributed by atoms with Crippen molar-refractivity contribution in [2.24, 2.45) is 5.41 Å². The first kappa shape index (κ1) is 14.1. The highest BCUT2D eigenvalue weighted by Gasteiger charge is 2.22. The molecule has 0 amide bonds. The van der Waals surface area contributed by atoms with Gasteiger partial charge in [0.1, 0.15) is 15.2 Å². The van der Waals surface area contributed by atoms with Crippen molar-refractivity contribution in [3.8, 4) is 6.07 Å². The zero-order valence-corrected chi connectivity index (χ0v) is 11.2. The highest BCUT2D eigenvalue weighted by molar-refractivity contribution is 7.91. The van der Waals surface area contributed by atoms with Gasteiger partial charge in [-0.25, -0.2) is 13.1 Å². The molecule has 5 nitrogen and oxygen atoms in total. The van der Waals surface area contributed by atoms with Crippen molar-refractivity contribution in [1.29, 1.82) is 5.26 Å². The Hall–Kier alpha value is -0.940. The van der Waals surface area contributed by atoms with E-state index in [1.807, 2.05) is 6.07 Å². The van der Waals surface area contributed by atoms with E-state index in [4.69, 9.17) is 10.4 Å².